The Hall–Kier alpha value is -3.85. The molecule has 4 aromatic rings. The number of anilines is 1. The van der Waals surface area contributed by atoms with E-state index in [0.717, 1.165) is 0 Å². The van der Waals surface area contributed by atoms with Crippen molar-refractivity contribution in [2.24, 2.45) is 0 Å². The van der Waals surface area contributed by atoms with Crippen LogP contribution in [-0.2, 0) is 11.2 Å². The van der Waals surface area contributed by atoms with Crippen LogP contribution in [0.4, 0.5) is 5.82 Å². The van der Waals surface area contributed by atoms with Gasteiger partial charge in [0.25, 0.3) is 11.5 Å². The molecule has 0 aliphatic rings. The first-order valence-electron chi connectivity index (χ1n) is 9.44. The van der Waals surface area contributed by atoms with E-state index in [1.807, 2.05) is 6.92 Å². The minimum Gasteiger partial charge on any atom is -0.484 e. The van der Waals surface area contributed by atoms with Crippen LogP contribution in [-0.4, -0.2) is 32.3 Å². The maximum absolute atomic E-state index is 12.5. The van der Waals surface area contributed by atoms with Gasteiger partial charge in [0.05, 0.1) is 6.26 Å². The second kappa shape index (κ2) is 8.88. The fourth-order valence-corrected chi connectivity index (χ4v) is 2.94. The summed E-state index contributed by atoms with van der Waals surface area (Å²) in [5, 5.41) is 7.75. The van der Waals surface area contributed by atoms with Crippen molar-refractivity contribution in [2.45, 2.75) is 13.3 Å². The number of nitrogens with zero attached hydrogens (tertiary/aromatic N) is 3. The number of amides is 1. The molecule has 0 saturated heterocycles. The van der Waals surface area contributed by atoms with Crippen LogP contribution in [0, 0.1) is 0 Å². The van der Waals surface area contributed by atoms with E-state index in [1.54, 1.807) is 42.5 Å². The summed E-state index contributed by atoms with van der Waals surface area (Å²) >= 11 is 5.85. The summed E-state index contributed by atoms with van der Waals surface area (Å²) in [7, 11) is 0. The maximum Gasteiger partial charge on any atom is 0.263 e. The quantitative estimate of drug-likeness (QED) is 0.455. The Bertz CT molecular complexity index is 1250. The Kier molecular flexibility index (Phi) is 5.85. The summed E-state index contributed by atoms with van der Waals surface area (Å²) in [6.07, 6.45) is 2.09. The first-order valence-corrected chi connectivity index (χ1v) is 9.82. The van der Waals surface area contributed by atoms with Crippen LogP contribution in [0.15, 0.2) is 64.0 Å². The minimum absolute atomic E-state index is 0.177. The molecule has 0 aliphatic heterocycles. The number of H-pyrrole nitrogens is 1. The van der Waals surface area contributed by atoms with Crippen molar-refractivity contribution in [3.8, 4) is 23.2 Å². The van der Waals surface area contributed by atoms with Gasteiger partial charge in [-0.05, 0) is 42.8 Å². The highest BCUT2D eigenvalue weighted by Crippen LogP contribution is 2.24. The molecular weight excluding hydrogens is 422 g/mol. The molecule has 1 amide bonds. The molecule has 158 valence electrons. The molecule has 0 fully saturated rings. The van der Waals surface area contributed by atoms with Crippen LogP contribution >= 0.6 is 11.6 Å². The topological polar surface area (TPSA) is 115 Å². The molecule has 0 saturated carbocycles. The lowest BCUT2D eigenvalue weighted by Crippen LogP contribution is -2.23. The largest absolute Gasteiger partial charge is 0.484 e. The van der Waals surface area contributed by atoms with Gasteiger partial charge in [-0.3, -0.25) is 14.6 Å². The van der Waals surface area contributed by atoms with Gasteiger partial charge in [0.15, 0.2) is 12.4 Å². The predicted octanol–water partition coefficient (Wildman–Crippen LogP) is 3.45. The van der Waals surface area contributed by atoms with Crippen LogP contribution in [0.2, 0.25) is 5.02 Å². The average molecular weight is 440 g/mol. The first kappa shape index (κ1) is 20.4. The molecule has 4 rings (SSSR count). The van der Waals surface area contributed by atoms with Crippen molar-refractivity contribution >= 4 is 23.3 Å². The number of carbonyl (C=O) groups excluding carboxylic acids is 1. The van der Waals surface area contributed by atoms with Crippen LogP contribution in [0.1, 0.15) is 12.6 Å². The standard InChI is InChI=1S/C21H18ClN5O4/c1-2-14-10-19(28)25-21(23-14)27-18(11-16(26-27)17-4-3-9-30-17)24-20(29)12-31-15-7-5-13(22)6-8-15/h3-11H,2,12H2,1H3,(H,24,29)(H,23,25,28). The van der Waals surface area contributed by atoms with Crippen LogP contribution in [0.5, 0.6) is 5.75 Å². The Morgan fingerprint density at radius 3 is 2.77 bits per heavy atom. The summed E-state index contributed by atoms with van der Waals surface area (Å²) in [6.45, 7) is 1.65. The molecule has 0 aliphatic carbocycles. The Labute approximate surface area is 181 Å². The number of aromatic nitrogens is 4. The van der Waals surface area contributed by atoms with Gasteiger partial charge in [-0.25, -0.2) is 4.98 Å². The number of rotatable bonds is 7. The number of nitrogens with one attached hydrogen (secondary N) is 2. The zero-order chi connectivity index (χ0) is 21.8. The van der Waals surface area contributed by atoms with Gasteiger partial charge in [-0.15, -0.1) is 0 Å². The molecule has 31 heavy (non-hydrogen) atoms. The fourth-order valence-electron chi connectivity index (χ4n) is 2.81. The lowest BCUT2D eigenvalue weighted by molar-refractivity contribution is -0.118. The van der Waals surface area contributed by atoms with Gasteiger partial charge in [-0.2, -0.15) is 9.78 Å². The lowest BCUT2D eigenvalue weighted by atomic mass is 10.3. The van der Waals surface area contributed by atoms with E-state index >= 15 is 0 Å². The molecular formula is C21H18ClN5O4. The molecule has 0 radical (unpaired) electrons. The first-order chi connectivity index (χ1) is 15.0. The molecule has 0 atom stereocenters. The van der Waals surface area contributed by atoms with Gasteiger partial charge >= 0.3 is 0 Å². The van der Waals surface area contributed by atoms with Gasteiger partial charge in [0.1, 0.15) is 17.3 Å². The van der Waals surface area contributed by atoms with Gasteiger partial charge < -0.3 is 14.5 Å². The van der Waals surface area contributed by atoms with Crippen molar-refractivity contribution in [1.82, 2.24) is 19.7 Å². The molecule has 2 N–H and O–H groups in total. The number of carbonyl (C=O) groups is 1. The van der Waals surface area contributed by atoms with E-state index in [9.17, 15) is 9.59 Å². The molecule has 9 nitrogen and oxygen atoms in total. The Morgan fingerprint density at radius 2 is 2.06 bits per heavy atom. The second-order valence-corrected chi connectivity index (χ2v) is 6.95. The summed E-state index contributed by atoms with van der Waals surface area (Å²) in [6, 6.07) is 13.2. The van der Waals surface area contributed by atoms with Crippen LogP contribution in [0.25, 0.3) is 17.4 Å². The molecule has 1 aromatic carbocycles. The molecule has 10 heteroatoms. The van der Waals surface area contributed by atoms with Crippen molar-refractivity contribution < 1.29 is 13.9 Å². The summed E-state index contributed by atoms with van der Waals surface area (Å²) in [5.41, 5.74) is 0.737. The molecule has 0 unspecified atom stereocenters. The second-order valence-electron chi connectivity index (χ2n) is 6.51. The summed E-state index contributed by atoms with van der Waals surface area (Å²) in [4.78, 5) is 31.6. The van der Waals surface area contributed by atoms with Crippen LogP contribution < -0.4 is 15.6 Å². The Balaban J connectivity index is 1.61. The number of furan rings is 1. The number of aromatic amines is 1. The predicted molar refractivity (Wildman–Crippen MR) is 115 cm³/mol. The lowest BCUT2D eigenvalue weighted by Gasteiger charge is -2.09. The van der Waals surface area contributed by atoms with Crippen molar-refractivity contribution in [2.75, 3.05) is 11.9 Å². The fraction of sp³-hybridized carbons (Fsp3) is 0.143. The monoisotopic (exact) mass is 439 g/mol. The van der Waals surface area contributed by atoms with E-state index in [1.165, 1.54) is 17.0 Å². The number of benzene rings is 1. The highest BCUT2D eigenvalue weighted by molar-refractivity contribution is 6.30. The van der Waals surface area contributed by atoms with E-state index < -0.39 is 5.91 Å². The van der Waals surface area contributed by atoms with E-state index in [2.05, 4.69) is 20.4 Å². The SMILES string of the molecule is CCc1cc(=O)[nH]c(-n2nc(-c3ccco3)cc2NC(=O)COc2ccc(Cl)cc2)n1. The summed E-state index contributed by atoms with van der Waals surface area (Å²) < 4.78 is 12.2. The maximum atomic E-state index is 12.5. The number of halogens is 1. The zero-order valence-electron chi connectivity index (χ0n) is 16.5. The van der Waals surface area contributed by atoms with Gasteiger partial charge in [-0.1, -0.05) is 18.5 Å². The highest BCUT2D eigenvalue weighted by atomic mass is 35.5. The van der Waals surface area contributed by atoms with E-state index in [0.29, 0.717) is 40.2 Å². The third-order valence-electron chi connectivity index (χ3n) is 4.28. The van der Waals surface area contributed by atoms with Crippen molar-refractivity contribution in [3.63, 3.8) is 0 Å². The van der Waals surface area contributed by atoms with Crippen molar-refractivity contribution in [1.29, 1.82) is 0 Å². The number of hydrogen-bond acceptors (Lipinski definition) is 6. The van der Waals surface area contributed by atoms with Gasteiger partial charge in [0.2, 0.25) is 5.95 Å². The molecule has 0 spiro atoms. The minimum atomic E-state index is -0.420. The molecule has 3 aromatic heterocycles. The van der Waals surface area contributed by atoms with Crippen LogP contribution in [0.3, 0.4) is 0 Å². The third kappa shape index (κ3) is 4.84. The smallest absolute Gasteiger partial charge is 0.263 e. The normalized spacial score (nSPS) is 10.8. The molecule has 3 heterocycles. The third-order valence-corrected chi connectivity index (χ3v) is 4.53. The number of ether oxygens (including phenoxy) is 1. The highest BCUT2D eigenvalue weighted by Gasteiger charge is 2.17. The Morgan fingerprint density at radius 1 is 1.26 bits per heavy atom. The number of aryl methyl sites for hydroxylation is 1. The summed E-state index contributed by atoms with van der Waals surface area (Å²) in [5.74, 6) is 1.06. The van der Waals surface area contributed by atoms with E-state index in [-0.39, 0.29) is 18.1 Å². The zero-order valence-corrected chi connectivity index (χ0v) is 17.2. The molecule has 0 bridgehead atoms. The van der Waals surface area contributed by atoms with E-state index in [4.69, 9.17) is 20.8 Å². The average Bonchev–Trinajstić information content (AvgIpc) is 3.43. The van der Waals surface area contributed by atoms with Gasteiger partial charge in [0, 0.05) is 22.8 Å². The number of hydrogen-bond donors (Lipinski definition) is 2. The van der Waals surface area contributed by atoms with Crippen molar-refractivity contribution in [3.05, 3.63) is 75.9 Å².